The van der Waals surface area contributed by atoms with Gasteiger partial charge in [0.25, 0.3) is 0 Å². The Morgan fingerprint density at radius 1 is 1.69 bits per heavy atom. The first kappa shape index (κ1) is 9.16. The van der Waals surface area contributed by atoms with Gasteiger partial charge < -0.3 is 5.73 Å². The lowest BCUT2D eigenvalue weighted by atomic mass is 9.61. The van der Waals surface area contributed by atoms with Crippen LogP contribution in [0.1, 0.15) is 24.6 Å². The number of nitrogens with two attached hydrogens (primary N) is 1. The standard InChI is InChI=1S/C10H16N2S/c1-8-4-10(5-8,7-11)6-9-2-3-12-13-9/h2-3,8H,4-7,11H2,1H3. The summed E-state index contributed by atoms with van der Waals surface area (Å²) in [6.07, 6.45) is 5.60. The lowest BCUT2D eigenvalue weighted by Crippen LogP contribution is -2.43. The molecule has 2 rings (SSSR count). The Bertz CT molecular complexity index is 262. The summed E-state index contributed by atoms with van der Waals surface area (Å²) in [6.45, 7) is 3.13. The van der Waals surface area contributed by atoms with Crippen molar-refractivity contribution >= 4 is 11.5 Å². The fourth-order valence-corrected chi connectivity index (χ4v) is 3.25. The van der Waals surface area contributed by atoms with Crippen molar-refractivity contribution < 1.29 is 0 Å². The van der Waals surface area contributed by atoms with Crippen LogP contribution in [0.25, 0.3) is 0 Å². The Balaban J connectivity index is 2.00. The molecule has 1 aliphatic rings. The molecule has 0 aliphatic heterocycles. The third kappa shape index (κ3) is 1.76. The van der Waals surface area contributed by atoms with Crippen LogP contribution in [-0.4, -0.2) is 10.9 Å². The van der Waals surface area contributed by atoms with Gasteiger partial charge in [-0.2, -0.15) is 0 Å². The van der Waals surface area contributed by atoms with Crippen molar-refractivity contribution in [1.82, 2.24) is 4.37 Å². The Kier molecular flexibility index (Phi) is 2.39. The first-order valence-corrected chi connectivity index (χ1v) is 5.61. The lowest BCUT2D eigenvalue weighted by Gasteiger charge is -2.45. The molecule has 0 amide bonds. The molecule has 0 spiro atoms. The third-order valence-corrected chi connectivity index (χ3v) is 3.78. The van der Waals surface area contributed by atoms with E-state index in [-0.39, 0.29) is 0 Å². The second kappa shape index (κ2) is 3.39. The van der Waals surface area contributed by atoms with Gasteiger partial charge in [0.05, 0.1) is 0 Å². The topological polar surface area (TPSA) is 38.9 Å². The molecule has 13 heavy (non-hydrogen) atoms. The number of hydrogen-bond donors (Lipinski definition) is 1. The molecule has 3 heteroatoms. The van der Waals surface area contributed by atoms with Gasteiger partial charge in [-0.3, -0.25) is 0 Å². The summed E-state index contributed by atoms with van der Waals surface area (Å²) in [5.41, 5.74) is 6.24. The van der Waals surface area contributed by atoms with Crippen molar-refractivity contribution in [2.45, 2.75) is 26.2 Å². The predicted octanol–water partition coefficient (Wildman–Crippen LogP) is 2.06. The van der Waals surface area contributed by atoms with Crippen LogP contribution in [0, 0.1) is 11.3 Å². The van der Waals surface area contributed by atoms with E-state index >= 15 is 0 Å². The highest BCUT2D eigenvalue weighted by Gasteiger charge is 2.40. The Morgan fingerprint density at radius 2 is 2.46 bits per heavy atom. The van der Waals surface area contributed by atoms with Gasteiger partial charge in [-0.05, 0) is 54.7 Å². The summed E-state index contributed by atoms with van der Waals surface area (Å²) in [7, 11) is 0. The van der Waals surface area contributed by atoms with E-state index in [1.54, 1.807) is 11.5 Å². The minimum atomic E-state index is 0.409. The van der Waals surface area contributed by atoms with Gasteiger partial charge in [-0.1, -0.05) is 6.92 Å². The van der Waals surface area contributed by atoms with E-state index in [1.165, 1.54) is 17.7 Å². The summed E-state index contributed by atoms with van der Waals surface area (Å²) < 4.78 is 4.12. The minimum Gasteiger partial charge on any atom is -0.330 e. The van der Waals surface area contributed by atoms with Crippen LogP contribution in [0.15, 0.2) is 12.3 Å². The fraction of sp³-hybridized carbons (Fsp3) is 0.700. The molecule has 1 saturated carbocycles. The molecule has 2 N–H and O–H groups in total. The maximum atomic E-state index is 5.83. The highest BCUT2D eigenvalue weighted by molar-refractivity contribution is 7.05. The van der Waals surface area contributed by atoms with Crippen LogP contribution in [0.2, 0.25) is 0 Å². The zero-order valence-electron chi connectivity index (χ0n) is 7.99. The van der Waals surface area contributed by atoms with Crippen LogP contribution in [0.5, 0.6) is 0 Å². The third-order valence-electron chi connectivity index (χ3n) is 3.04. The van der Waals surface area contributed by atoms with Crippen molar-refractivity contribution in [3.05, 3.63) is 17.1 Å². The molecule has 0 atom stereocenters. The van der Waals surface area contributed by atoms with E-state index < -0.39 is 0 Å². The largest absolute Gasteiger partial charge is 0.330 e. The molecule has 0 aromatic carbocycles. The van der Waals surface area contributed by atoms with Crippen molar-refractivity contribution in [2.24, 2.45) is 17.1 Å². The summed E-state index contributed by atoms with van der Waals surface area (Å²) in [5.74, 6) is 0.872. The molecular weight excluding hydrogens is 180 g/mol. The number of rotatable bonds is 3. The molecule has 1 aliphatic carbocycles. The zero-order valence-corrected chi connectivity index (χ0v) is 8.81. The van der Waals surface area contributed by atoms with Gasteiger partial charge in [0.1, 0.15) is 0 Å². The molecular formula is C10H16N2S. The van der Waals surface area contributed by atoms with Crippen molar-refractivity contribution in [1.29, 1.82) is 0 Å². The van der Waals surface area contributed by atoms with Crippen LogP contribution in [0.3, 0.4) is 0 Å². The molecule has 1 fully saturated rings. The predicted molar refractivity (Wildman–Crippen MR) is 55.7 cm³/mol. The Labute approximate surface area is 83.3 Å². The maximum Gasteiger partial charge on any atom is 0.0409 e. The number of hydrogen-bond acceptors (Lipinski definition) is 3. The normalized spacial score (nSPS) is 32.9. The highest BCUT2D eigenvalue weighted by atomic mass is 32.1. The highest BCUT2D eigenvalue weighted by Crippen LogP contribution is 2.47. The van der Waals surface area contributed by atoms with Crippen molar-refractivity contribution in [2.75, 3.05) is 6.54 Å². The second-order valence-electron chi connectivity index (χ2n) is 4.37. The first-order chi connectivity index (χ1) is 6.24. The second-order valence-corrected chi connectivity index (χ2v) is 5.29. The summed E-state index contributed by atoms with van der Waals surface area (Å²) in [4.78, 5) is 1.39. The molecule has 1 heterocycles. The molecule has 0 unspecified atom stereocenters. The minimum absolute atomic E-state index is 0.409. The Morgan fingerprint density at radius 3 is 2.92 bits per heavy atom. The number of aromatic nitrogens is 1. The average Bonchev–Trinajstić information content (AvgIpc) is 2.53. The summed E-state index contributed by atoms with van der Waals surface area (Å²) >= 11 is 1.61. The van der Waals surface area contributed by atoms with Crippen LogP contribution < -0.4 is 5.73 Å². The van der Waals surface area contributed by atoms with E-state index in [1.807, 2.05) is 6.20 Å². The van der Waals surface area contributed by atoms with Gasteiger partial charge in [-0.15, -0.1) is 0 Å². The fourth-order valence-electron chi connectivity index (χ4n) is 2.50. The van der Waals surface area contributed by atoms with Gasteiger partial charge in [0.2, 0.25) is 0 Å². The molecule has 0 radical (unpaired) electrons. The van der Waals surface area contributed by atoms with Gasteiger partial charge in [0.15, 0.2) is 0 Å². The molecule has 1 aromatic rings. The van der Waals surface area contributed by atoms with E-state index in [0.717, 1.165) is 18.9 Å². The number of nitrogens with zero attached hydrogens (tertiary/aromatic N) is 1. The van der Waals surface area contributed by atoms with Crippen molar-refractivity contribution in [3.8, 4) is 0 Å². The van der Waals surface area contributed by atoms with Gasteiger partial charge in [-0.25, -0.2) is 4.37 Å². The molecule has 0 bridgehead atoms. The van der Waals surface area contributed by atoms with Gasteiger partial charge >= 0.3 is 0 Å². The zero-order chi connectivity index (χ0) is 9.31. The Hall–Kier alpha value is -0.410. The van der Waals surface area contributed by atoms with Crippen molar-refractivity contribution in [3.63, 3.8) is 0 Å². The summed E-state index contributed by atoms with van der Waals surface area (Å²) in [5, 5.41) is 0. The SMILES string of the molecule is CC1CC(CN)(Cc2ccns2)C1. The molecule has 2 nitrogen and oxygen atoms in total. The molecule has 1 aromatic heterocycles. The van der Waals surface area contributed by atoms with E-state index in [4.69, 9.17) is 5.73 Å². The van der Waals surface area contributed by atoms with E-state index in [0.29, 0.717) is 5.41 Å². The maximum absolute atomic E-state index is 5.83. The molecule has 0 saturated heterocycles. The van der Waals surface area contributed by atoms with Crippen LogP contribution >= 0.6 is 11.5 Å². The van der Waals surface area contributed by atoms with Gasteiger partial charge in [0, 0.05) is 11.1 Å². The van der Waals surface area contributed by atoms with E-state index in [9.17, 15) is 0 Å². The summed E-state index contributed by atoms with van der Waals surface area (Å²) in [6, 6.07) is 2.12. The monoisotopic (exact) mass is 196 g/mol. The first-order valence-electron chi connectivity index (χ1n) is 4.84. The van der Waals surface area contributed by atoms with E-state index in [2.05, 4.69) is 17.4 Å². The smallest absolute Gasteiger partial charge is 0.0409 e. The lowest BCUT2D eigenvalue weighted by molar-refractivity contribution is 0.0770. The quantitative estimate of drug-likeness (QED) is 0.803. The van der Waals surface area contributed by atoms with Crippen LogP contribution in [-0.2, 0) is 6.42 Å². The molecule has 72 valence electrons. The van der Waals surface area contributed by atoms with Crippen LogP contribution in [0.4, 0.5) is 0 Å². The average molecular weight is 196 g/mol.